The van der Waals surface area contributed by atoms with Crippen molar-refractivity contribution in [3.8, 4) is 0 Å². The number of thioether (sulfide) groups is 1. The van der Waals surface area contributed by atoms with E-state index in [1.807, 2.05) is 0 Å². The third-order valence-corrected chi connectivity index (χ3v) is 2.83. The molecule has 0 spiro atoms. The maximum atomic E-state index is 11.0. The summed E-state index contributed by atoms with van der Waals surface area (Å²) in [5.41, 5.74) is 0. The number of amides is 1. The van der Waals surface area contributed by atoms with Gasteiger partial charge in [0.15, 0.2) is 5.17 Å². The largest absolute Gasteiger partial charge is 0.346 e. The van der Waals surface area contributed by atoms with Crippen LogP contribution in [0.15, 0.2) is 4.99 Å². The van der Waals surface area contributed by atoms with Gasteiger partial charge in [-0.1, -0.05) is 11.8 Å². The van der Waals surface area contributed by atoms with Crippen LogP contribution in [-0.4, -0.2) is 33.8 Å². The van der Waals surface area contributed by atoms with E-state index in [0.717, 1.165) is 5.17 Å². The minimum Gasteiger partial charge on any atom is -0.346 e. The molecular formula is C9H16N2OS. The first kappa shape index (κ1) is 10.6. The van der Waals surface area contributed by atoms with Crippen LogP contribution in [0.25, 0.3) is 0 Å². The lowest BCUT2D eigenvalue weighted by atomic mass is 10.2. The van der Waals surface area contributed by atoms with E-state index < -0.39 is 0 Å². The summed E-state index contributed by atoms with van der Waals surface area (Å²) in [6.45, 7) is 8.47. The van der Waals surface area contributed by atoms with E-state index in [1.54, 1.807) is 11.8 Å². The van der Waals surface area contributed by atoms with Gasteiger partial charge in [0.1, 0.15) is 0 Å². The number of carbonyl (C=O) groups excluding carboxylic acids is 1. The second-order valence-electron chi connectivity index (χ2n) is 3.67. The number of aliphatic imine (C=N–C) groups is 1. The van der Waals surface area contributed by atoms with Crippen LogP contribution >= 0.6 is 11.8 Å². The zero-order valence-corrected chi connectivity index (χ0v) is 9.39. The number of amidine groups is 1. The molecule has 13 heavy (non-hydrogen) atoms. The van der Waals surface area contributed by atoms with Crippen LogP contribution in [0.4, 0.5) is 0 Å². The van der Waals surface area contributed by atoms with E-state index in [0.29, 0.717) is 17.8 Å². The Morgan fingerprint density at radius 2 is 1.85 bits per heavy atom. The Bertz CT molecular complexity index is 228. The van der Waals surface area contributed by atoms with E-state index in [4.69, 9.17) is 0 Å². The SMILES string of the molecule is CC(C)N(C1=NC(=O)CS1)C(C)C. The van der Waals surface area contributed by atoms with E-state index in [2.05, 4.69) is 37.6 Å². The molecule has 0 N–H and O–H groups in total. The number of rotatable bonds is 2. The fourth-order valence-electron chi connectivity index (χ4n) is 1.47. The van der Waals surface area contributed by atoms with Crippen molar-refractivity contribution in [1.29, 1.82) is 0 Å². The Labute approximate surface area is 83.6 Å². The first-order valence-electron chi connectivity index (χ1n) is 4.55. The van der Waals surface area contributed by atoms with Crippen LogP contribution in [0, 0.1) is 0 Å². The fraction of sp³-hybridized carbons (Fsp3) is 0.778. The third-order valence-electron chi connectivity index (χ3n) is 1.88. The van der Waals surface area contributed by atoms with Crippen LogP contribution in [0.5, 0.6) is 0 Å². The van der Waals surface area contributed by atoms with Gasteiger partial charge in [-0.05, 0) is 27.7 Å². The lowest BCUT2D eigenvalue weighted by molar-refractivity contribution is -0.115. The first-order chi connectivity index (χ1) is 6.02. The summed E-state index contributed by atoms with van der Waals surface area (Å²) in [5, 5.41) is 0.884. The Kier molecular flexibility index (Phi) is 3.36. The molecule has 1 rings (SSSR count). The van der Waals surface area contributed by atoms with Gasteiger partial charge >= 0.3 is 0 Å². The lowest BCUT2D eigenvalue weighted by Gasteiger charge is -2.31. The molecule has 0 radical (unpaired) electrons. The summed E-state index contributed by atoms with van der Waals surface area (Å²) in [4.78, 5) is 17.1. The van der Waals surface area contributed by atoms with E-state index >= 15 is 0 Å². The minimum absolute atomic E-state index is 0.00806. The summed E-state index contributed by atoms with van der Waals surface area (Å²) in [5.74, 6) is 0.497. The van der Waals surface area contributed by atoms with Crippen molar-refractivity contribution >= 4 is 22.8 Å². The Morgan fingerprint density at radius 1 is 1.31 bits per heavy atom. The van der Waals surface area contributed by atoms with Gasteiger partial charge in [-0.15, -0.1) is 0 Å². The predicted octanol–water partition coefficient (Wildman–Crippen LogP) is 1.73. The average Bonchev–Trinajstić information content (AvgIpc) is 2.34. The summed E-state index contributed by atoms with van der Waals surface area (Å²) in [6.07, 6.45) is 0. The summed E-state index contributed by atoms with van der Waals surface area (Å²) in [7, 11) is 0. The molecule has 1 amide bonds. The molecule has 0 aromatic carbocycles. The van der Waals surface area contributed by atoms with Crippen molar-refractivity contribution in [1.82, 2.24) is 4.90 Å². The quantitative estimate of drug-likeness (QED) is 0.680. The van der Waals surface area contributed by atoms with Gasteiger partial charge in [-0.25, -0.2) is 0 Å². The zero-order chi connectivity index (χ0) is 10.0. The summed E-state index contributed by atoms with van der Waals surface area (Å²) >= 11 is 1.54. The third kappa shape index (κ3) is 2.46. The van der Waals surface area contributed by atoms with Crippen molar-refractivity contribution in [3.05, 3.63) is 0 Å². The number of carbonyl (C=O) groups is 1. The molecule has 0 unspecified atom stereocenters. The van der Waals surface area contributed by atoms with Crippen LogP contribution in [0.3, 0.4) is 0 Å². The van der Waals surface area contributed by atoms with Crippen LogP contribution in [0.2, 0.25) is 0 Å². The second-order valence-corrected chi connectivity index (χ2v) is 4.61. The molecule has 0 atom stereocenters. The highest BCUT2D eigenvalue weighted by Gasteiger charge is 2.24. The average molecular weight is 200 g/mol. The lowest BCUT2D eigenvalue weighted by Crippen LogP contribution is -2.40. The zero-order valence-electron chi connectivity index (χ0n) is 8.57. The number of nitrogens with zero attached hydrogens (tertiary/aromatic N) is 2. The maximum Gasteiger partial charge on any atom is 0.258 e. The van der Waals surface area contributed by atoms with Crippen molar-refractivity contribution < 1.29 is 4.79 Å². The maximum absolute atomic E-state index is 11.0. The molecule has 0 fully saturated rings. The second kappa shape index (κ2) is 4.13. The van der Waals surface area contributed by atoms with Crippen molar-refractivity contribution in [3.63, 3.8) is 0 Å². The molecule has 3 nitrogen and oxygen atoms in total. The van der Waals surface area contributed by atoms with Gasteiger partial charge in [-0.2, -0.15) is 4.99 Å². The predicted molar refractivity (Wildman–Crippen MR) is 57.0 cm³/mol. The molecule has 74 valence electrons. The molecule has 0 saturated carbocycles. The van der Waals surface area contributed by atoms with E-state index in [1.165, 1.54) is 0 Å². The van der Waals surface area contributed by atoms with Crippen LogP contribution in [0.1, 0.15) is 27.7 Å². The number of hydrogen-bond donors (Lipinski definition) is 0. The van der Waals surface area contributed by atoms with Crippen LogP contribution < -0.4 is 0 Å². The molecule has 0 bridgehead atoms. The molecule has 4 heteroatoms. The van der Waals surface area contributed by atoms with Crippen molar-refractivity contribution in [2.45, 2.75) is 39.8 Å². The highest BCUT2D eigenvalue weighted by molar-refractivity contribution is 8.14. The van der Waals surface area contributed by atoms with Gasteiger partial charge < -0.3 is 4.90 Å². The van der Waals surface area contributed by atoms with Gasteiger partial charge in [0.2, 0.25) is 0 Å². The molecule has 0 saturated heterocycles. The molecular weight excluding hydrogens is 184 g/mol. The van der Waals surface area contributed by atoms with Gasteiger partial charge in [-0.3, -0.25) is 4.79 Å². The molecule has 1 heterocycles. The Balaban J connectivity index is 2.76. The van der Waals surface area contributed by atoms with Crippen molar-refractivity contribution in [2.24, 2.45) is 4.99 Å². The van der Waals surface area contributed by atoms with Gasteiger partial charge in [0, 0.05) is 12.1 Å². The molecule has 0 aliphatic carbocycles. The highest BCUT2D eigenvalue weighted by atomic mass is 32.2. The molecule has 1 aliphatic heterocycles. The Hall–Kier alpha value is -0.510. The van der Waals surface area contributed by atoms with Crippen molar-refractivity contribution in [2.75, 3.05) is 5.75 Å². The molecule has 0 aromatic heterocycles. The summed E-state index contributed by atoms with van der Waals surface area (Å²) in [6, 6.07) is 0.800. The highest BCUT2D eigenvalue weighted by Crippen LogP contribution is 2.20. The van der Waals surface area contributed by atoms with Gasteiger partial charge in [0.05, 0.1) is 5.75 Å². The minimum atomic E-state index is -0.00806. The molecule has 0 aromatic rings. The molecule has 1 aliphatic rings. The normalized spacial score (nSPS) is 17.1. The van der Waals surface area contributed by atoms with Gasteiger partial charge in [0.25, 0.3) is 5.91 Å². The smallest absolute Gasteiger partial charge is 0.258 e. The topological polar surface area (TPSA) is 32.7 Å². The standard InChI is InChI=1S/C9H16N2OS/c1-6(2)11(7(3)4)9-10-8(12)5-13-9/h6-7H,5H2,1-4H3. The fourth-order valence-corrected chi connectivity index (χ4v) is 2.52. The monoisotopic (exact) mass is 200 g/mol. The summed E-state index contributed by atoms with van der Waals surface area (Å²) < 4.78 is 0. The van der Waals surface area contributed by atoms with Crippen LogP contribution in [-0.2, 0) is 4.79 Å². The van der Waals surface area contributed by atoms with E-state index in [-0.39, 0.29) is 5.91 Å². The Morgan fingerprint density at radius 3 is 2.15 bits per heavy atom. The van der Waals surface area contributed by atoms with E-state index in [9.17, 15) is 4.79 Å². The number of hydrogen-bond acceptors (Lipinski definition) is 3. The first-order valence-corrected chi connectivity index (χ1v) is 5.53.